The van der Waals surface area contributed by atoms with Crippen LogP contribution in [0.25, 0.3) is 0 Å². The molecule has 0 bridgehead atoms. The van der Waals surface area contributed by atoms with Gasteiger partial charge in [-0.05, 0) is 55.4 Å². The van der Waals surface area contributed by atoms with E-state index in [0.717, 1.165) is 29.5 Å². The maximum atomic E-state index is 6.05. The van der Waals surface area contributed by atoms with Crippen molar-refractivity contribution in [1.82, 2.24) is 0 Å². The van der Waals surface area contributed by atoms with Gasteiger partial charge < -0.3 is 4.74 Å². The molecule has 1 aromatic carbocycles. The van der Waals surface area contributed by atoms with Crippen LogP contribution in [-0.2, 0) is 6.42 Å². The second-order valence-corrected chi connectivity index (χ2v) is 6.67. The average Bonchev–Trinajstić information content (AvgIpc) is 2.90. The Morgan fingerprint density at radius 3 is 2.78 bits per heavy atom. The minimum absolute atomic E-state index is 0.628. The van der Waals surface area contributed by atoms with Crippen LogP contribution in [0.2, 0.25) is 5.02 Å². The van der Waals surface area contributed by atoms with E-state index in [9.17, 15) is 0 Å². The third kappa shape index (κ3) is 3.64. The summed E-state index contributed by atoms with van der Waals surface area (Å²) in [5.74, 6) is 1.81. The summed E-state index contributed by atoms with van der Waals surface area (Å²) in [4.78, 5) is 0.628. The van der Waals surface area contributed by atoms with Crippen molar-refractivity contribution in [1.29, 1.82) is 0 Å². The lowest BCUT2D eigenvalue weighted by atomic mass is 9.98. The van der Waals surface area contributed by atoms with Crippen molar-refractivity contribution in [3.05, 3.63) is 28.8 Å². The Balaban J connectivity index is 1.94. The first-order valence-corrected chi connectivity index (χ1v) is 7.96. The highest BCUT2D eigenvalue weighted by Gasteiger charge is 2.22. The van der Waals surface area contributed by atoms with Gasteiger partial charge in [-0.25, -0.2) is 0 Å². The fraction of sp³-hybridized carbons (Fsp3) is 0.600. The van der Waals surface area contributed by atoms with E-state index in [1.165, 1.54) is 31.2 Å². The molecular weight excluding hydrogens is 312 g/mol. The lowest BCUT2D eigenvalue weighted by Gasteiger charge is -2.17. The molecule has 1 aliphatic carbocycles. The van der Waals surface area contributed by atoms with Gasteiger partial charge in [0.15, 0.2) is 0 Å². The Kier molecular flexibility index (Phi) is 5.38. The van der Waals surface area contributed by atoms with E-state index in [-0.39, 0.29) is 0 Å². The summed E-state index contributed by atoms with van der Waals surface area (Å²) in [7, 11) is 1.72. The molecule has 2 rings (SSSR count). The zero-order valence-electron chi connectivity index (χ0n) is 10.8. The summed E-state index contributed by atoms with van der Waals surface area (Å²) in [6.45, 7) is 0. The summed E-state index contributed by atoms with van der Waals surface area (Å²) in [6.07, 6.45) is 7.73. The van der Waals surface area contributed by atoms with Crippen LogP contribution >= 0.6 is 27.5 Å². The standard InChI is InChI=1S/C15H20BrClO/c1-18-15-9-7-13(17)10-12(15)6-8-14(16)11-4-2-3-5-11/h7,9-11,14H,2-6,8H2,1H3. The van der Waals surface area contributed by atoms with Crippen LogP contribution in [0, 0.1) is 5.92 Å². The number of alkyl halides is 1. The van der Waals surface area contributed by atoms with Gasteiger partial charge in [-0.3, -0.25) is 0 Å². The second kappa shape index (κ2) is 6.81. The SMILES string of the molecule is COc1ccc(Cl)cc1CCC(Br)C1CCCC1. The van der Waals surface area contributed by atoms with Crippen LogP contribution < -0.4 is 4.74 Å². The zero-order chi connectivity index (χ0) is 13.0. The third-order valence-corrected chi connectivity index (χ3v) is 5.28. The Morgan fingerprint density at radius 1 is 1.39 bits per heavy atom. The van der Waals surface area contributed by atoms with Crippen molar-refractivity contribution in [3.8, 4) is 5.75 Å². The molecule has 0 saturated heterocycles. The molecule has 1 aliphatic rings. The van der Waals surface area contributed by atoms with Gasteiger partial charge in [-0.1, -0.05) is 40.4 Å². The smallest absolute Gasteiger partial charge is 0.122 e. The summed E-state index contributed by atoms with van der Waals surface area (Å²) < 4.78 is 5.38. The van der Waals surface area contributed by atoms with Crippen molar-refractivity contribution in [2.24, 2.45) is 5.92 Å². The van der Waals surface area contributed by atoms with Gasteiger partial charge in [0.2, 0.25) is 0 Å². The molecule has 1 saturated carbocycles. The number of hydrogen-bond acceptors (Lipinski definition) is 1. The fourth-order valence-corrected chi connectivity index (χ4v) is 3.74. The minimum Gasteiger partial charge on any atom is -0.496 e. The molecule has 18 heavy (non-hydrogen) atoms. The second-order valence-electron chi connectivity index (χ2n) is 5.06. The zero-order valence-corrected chi connectivity index (χ0v) is 13.1. The highest BCUT2D eigenvalue weighted by Crippen LogP contribution is 2.34. The molecule has 0 aliphatic heterocycles. The minimum atomic E-state index is 0.628. The summed E-state index contributed by atoms with van der Waals surface area (Å²) in [6, 6.07) is 5.86. The topological polar surface area (TPSA) is 9.23 Å². The number of methoxy groups -OCH3 is 1. The number of benzene rings is 1. The first kappa shape index (κ1) is 14.2. The number of ether oxygens (including phenoxy) is 1. The van der Waals surface area contributed by atoms with E-state index in [1.807, 2.05) is 18.2 Å². The Morgan fingerprint density at radius 2 is 2.11 bits per heavy atom. The van der Waals surface area contributed by atoms with Gasteiger partial charge in [0.1, 0.15) is 5.75 Å². The van der Waals surface area contributed by atoms with E-state index >= 15 is 0 Å². The van der Waals surface area contributed by atoms with Crippen molar-refractivity contribution >= 4 is 27.5 Å². The lowest BCUT2D eigenvalue weighted by Crippen LogP contribution is -2.11. The third-order valence-electron chi connectivity index (χ3n) is 3.84. The van der Waals surface area contributed by atoms with Gasteiger partial charge in [-0.2, -0.15) is 0 Å². The van der Waals surface area contributed by atoms with E-state index in [2.05, 4.69) is 15.9 Å². The summed E-state index contributed by atoms with van der Waals surface area (Å²) in [5, 5.41) is 0.790. The maximum absolute atomic E-state index is 6.05. The molecule has 0 spiro atoms. The monoisotopic (exact) mass is 330 g/mol. The van der Waals surface area contributed by atoms with Gasteiger partial charge in [0.05, 0.1) is 7.11 Å². The van der Waals surface area contributed by atoms with Crippen LogP contribution in [0.4, 0.5) is 0 Å². The predicted octanol–water partition coefficient (Wildman–Crippen LogP) is 5.23. The first-order valence-electron chi connectivity index (χ1n) is 6.67. The molecule has 0 N–H and O–H groups in total. The molecule has 0 aromatic heterocycles. The maximum Gasteiger partial charge on any atom is 0.122 e. The number of aryl methyl sites for hydroxylation is 1. The van der Waals surface area contributed by atoms with Crippen LogP contribution in [0.3, 0.4) is 0 Å². The van der Waals surface area contributed by atoms with Crippen molar-refractivity contribution in [2.45, 2.75) is 43.4 Å². The van der Waals surface area contributed by atoms with Gasteiger partial charge >= 0.3 is 0 Å². The molecule has 1 aromatic rings. The van der Waals surface area contributed by atoms with E-state index in [4.69, 9.17) is 16.3 Å². The predicted molar refractivity (Wildman–Crippen MR) is 81.0 cm³/mol. The molecule has 1 unspecified atom stereocenters. The van der Waals surface area contributed by atoms with Crippen molar-refractivity contribution in [3.63, 3.8) is 0 Å². The Labute approximate surface area is 123 Å². The lowest BCUT2D eigenvalue weighted by molar-refractivity contribution is 0.407. The quantitative estimate of drug-likeness (QED) is 0.671. The van der Waals surface area contributed by atoms with Crippen molar-refractivity contribution in [2.75, 3.05) is 7.11 Å². The number of rotatable bonds is 5. The van der Waals surface area contributed by atoms with Crippen LogP contribution in [0.5, 0.6) is 5.75 Å². The fourth-order valence-electron chi connectivity index (χ4n) is 2.79. The Bertz CT molecular complexity index is 388. The molecule has 1 nitrogen and oxygen atoms in total. The van der Waals surface area contributed by atoms with Gasteiger partial charge in [0, 0.05) is 9.85 Å². The molecule has 1 fully saturated rings. The number of hydrogen-bond donors (Lipinski definition) is 0. The molecule has 0 radical (unpaired) electrons. The molecule has 3 heteroatoms. The number of halogens is 2. The normalized spacial score (nSPS) is 17.9. The van der Waals surface area contributed by atoms with E-state index in [1.54, 1.807) is 7.11 Å². The molecule has 0 amide bonds. The van der Waals surface area contributed by atoms with Gasteiger partial charge in [0.25, 0.3) is 0 Å². The molecular formula is C15H20BrClO. The summed E-state index contributed by atoms with van der Waals surface area (Å²) in [5.41, 5.74) is 1.22. The highest BCUT2D eigenvalue weighted by molar-refractivity contribution is 9.09. The molecule has 0 heterocycles. The Hall–Kier alpha value is -0.210. The average molecular weight is 332 g/mol. The molecule has 100 valence electrons. The van der Waals surface area contributed by atoms with Crippen LogP contribution in [0.1, 0.15) is 37.7 Å². The first-order chi connectivity index (χ1) is 8.70. The largest absolute Gasteiger partial charge is 0.496 e. The van der Waals surface area contributed by atoms with Crippen LogP contribution in [0.15, 0.2) is 18.2 Å². The van der Waals surface area contributed by atoms with Crippen LogP contribution in [-0.4, -0.2) is 11.9 Å². The van der Waals surface area contributed by atoms with Gasteiger partial charge in [-0.15, -0.1) is 0 Å². The molecule has 1 atom stereocenters. The highest BCUT2D eigenvalue weighted by atomic mass is 79.9. The van der Waals surface area contributed by atoms with Crippen molar-refractivity contribution < 1.29 is 4.74 Å². The van der Waals surface area contributed by atoms with E-state index in [0.29, 0.717) is 4.83 Å². The van der Waals surface area contributed by atoms with E-state index < -0.39 is 0 Å². The summed E-state index contributed by atoms with van der Waals surface area (Å²) >= 11 is 9.90.